The molecule has 2 radical (unpaired) electrons. The summed E-state index contributed by atoms with van der Waals surface area (Å²) in [4.78, 5) is 4.69. The molecule has 1 aliphatic rings. The summed E-state index contributed by atoms with van der Waals surface area (Å²) < 4.78 is 0. The second-order valence-corrected chi connectivity index (χ2v) is 2.89. The van der Waals surface area contributed by atoms with E-state index >= 15 is 0 Å². The molecule has 0 atom stereocenters. The third-order valence-electron chi connectivity index (χ3n) is 2.02. The normalized spacial score (nSPS) is 19.5. The van der Waals surface area contributed by atoms with Crippen LogP contribution in [0.25, 0.3) is 5.73 Å². The molecule has 1 N–H and O–H groups in total. The molecule has 0 aromatic carbocycles. The van der Waals surface area contributed by atoms with Crippen molar-refractivity contribution in [2.45, 2.75) is 0 Å². The van der Waals surface area contributed by atoms with E-state index in [1.807, 2.05) is 0 Å². The smallest absolute Gasteiger partial charge is 0.0109 e. The predicted octanol–water partition coefficient (Wildman–Crippen LogP) is 0.286. The summed E-state index contributed by atoms with van der Waals surface area (Å²) in [5, 5.41) is 0. The van der Waals surface area contributed by atoms with E-state index in [0.717, 1.165) is 19.6 Å². The third-order valence-corrected chi connectivity index (χ3v) is 2.02. The zero-order valence-electron chi connectivity index (χ0n) is 7.79. The first kappa shape index (κ1) is 17.0. The van der Waals surface area contributed by atoms with E-state index in [9.17, 15) is 0 Å². The van der Waals surface area contributed by atoms with Gasteiger partial charge in [-0.1, -0.05) is 0 Å². The molecule has 3 nitrogen and oxygen atoms in total. The summed E-state index contributed by atoms with van der Waals surface area (Å²) >= 11 is 0. The molecule has 0 saturated carbocycles. The molecule has 12 heavy (non-hydrogen) atoms. The molecule has 1 heterocycles. The summed E-state index contributed by atoms with van der Waals surface area (Å²) in [5.41, 5.74) is 7.03. The van der Waals surface area contributed by atoms with Crippen LogP contribution in [0.1, 0.15) is 0 Å². The van der Waals surface area contributed by atoms with Crippen LogP contribution in [0.15, 0.2) is 0 Å². The van der Waals surface area contributed by atoms with E-state index in [2.05, 4.69) is 16.8 Å². The van der Waals surface area contributed by atoms with Crippen molar-refractivity contribution in [2.75, 3.05) is 46.3 Å². The molecule has 1 fully saturated rings. The fourth-order valence-corrected chi connectivity index (χ4v) is 1.23. The van der Waals surface area contributed by atoms with Gasteiger partial charge in [0.1, 0.15) is 0 Å². The van der Waals surface area contributed by atoms with Gasteiger partial charge in [-0.3, -0.25) is 0 Å². The van der Waals surface area contributed by atoms with E-state index < -0.39 is 0 Å². The number of nitrogens with zero attached hydrogens (tertiary/aromatic N) is 2. The van der Waals surface area contributed by atoms with Crippen molar-refractivity contribution < 1.29 is 82.6 Å². The Morgan fingerprint density at radius 2 is 1.58 bits per heavy atom. The molecule has 0 aromatic heterocycles. The molecule has 0 unspecified atom stereocenters. The molecule has 0 amide bonds. The van der Waals surface area contributed by atoms with Crippen molar-refractivity contribution in [1.29, 1.82) is 0 Å². The van der Waals surface area contributed by atoms with Gasteiger partial charge in [0.05, 0.1) is 0 Å². The summed E-state index contributed by atoms with van der Waals surface area (Å²) in [6.45, 7) is 6.13. The SMILES string of the molecule is CN1CCN(CC[NH-])CC1.[Pr].[Pr]. The number of nitrogens with one attached hydrogen (secondary N) is 1. The van der Waals surface area contributed by atoms with Gasteiger partial charge >= 0.3 is 0 Å². The Labute approximate surface area is 142 Å². The molecule has 0 aliphatic carbocycles. The molecule has 0 aromatic rings. The van der Waals surface area contributed by atoms with Gasteiger partial charge in [0.2, 0.25) is 0 Å². The van der Waals surface area contributed by atoms with Gasteiger partial charge in [0, 0.05) is 109 Å². The largest absolute Gasteiger partial charge is 0.676 e. The number of hydrogen-bond acceptors (Lipinski definition) is 2. The summed E-state index contributed by atoms with van der Waals surface area (Å²) in [6, 6.07) is 0. The van der Waals surface area contributed by atoms with Crippen molar-refractivity contribution in [3.63, 3.8) is 0 Å². The van der Waals surface area contributed by atoms with Crippen LogP contribution in [0.4, 0.5) is 0 Å². The van der Waals surface area contributed by atoms with Gasteiger partial charge in [-0.15, -0.1) is 6.54 Å². The van der Waals surface area contributed by atoms with Gasteiger partial charge in [-0.05, 0) is 13.6 Å². The van der Waals surface area contributed by atoms with Crippen molar-refractivity contribution in [3.05, 3.63) is 5.73 Å². The molecular formula is C7H16N3Pr2-. The molecule has 1 rings (SSSR count). The van der Waals surface area contributed by atoms with Crippen molar-refractivity contribution in [1.82, 2.24) is 9.80 Å². The Morgan fingerprint density at radius 1 is 1.08 bits per heavy atom. The van der Waals surface area contributed by atoms with Gasteiger partial charge in [0.15, 0.2) is 0 Å². The second-order valence-electron chi connectivity index (χ2n) is 2.89. The first-order valence-electron chi connectivity index (χ1n) is 3.88. The van der Waals surface area contributed by atoms with Crippen LogP contribution in [0.5, 0.6) is 0 Å². The predicted molar refractivity (Wildman–Crippen MR) is 43.1 cm³/mol. The van der Waals surface area contributed by atoms with Gasteiger partial charge in [0.25, 0.3) is 0 Å². The average Bonchev–Trinajstić information content (AvgIpc) is 1.95. The molecular weight excluding hydrogens is 408 g/mol. The second kappa shape index (κ2) is 10.1. The fourth-order valence-electron chi connectivity index (χ4n) is 1.23. The van der Waals surface area contributed by atoms with Crippen LogP contribution in [-0.2, 0) is 0 Å². The average molecular weight is 424 g/mol. The Balaban J connectivity index is 0. The number of hydrogen-bond donors (Lipinski definition) is 0. The van der Waals surface area contributed by atoms with Crippen LogP contribution < -0.4 is 0 Å². The Morgan fingerprint density at radius 3 is 2.00 bits per heavy atom. The molecule has 1 saturated heterocycles. The first-order valence-corrected chi connectivity index (χ1v) is 3.88. The molecule has 5 heteroatoms. The first-order chi connectivity index (χ1) is 4.83. The van der Waals surface area contributed by atoms with E-state index in [4.69, 9.17) is 5.73 Å². The molecule has 0 bridgehead atoms. The van der Waals surface area contributed by atoms with E-state index in [-0.39, 0.29) is 82.6 Å². The summed E-state index contributed by atoms with van der Waals surface area (Å²) in [5.74, 6) is 0. The monoisotopic (exact) mass is 424 g/mol. The maximum absolute atomic E-state index is 7.03. The maximum Gasteiger partial charge on any atom is 0.0109 e. The quantitative estimate of drug-likeness (QED) is 0.639. The minimum atomic E-state index is 0. The van der Waals surface area contributed by atoms with Gasteiger partial charge in [-0.2, -0.15) is 0 Å². The Kier molecular flexibility index (Phi) is 14.4. The third kappa shape index (κ3) is 6.97. The van der Waals surface area contributed by atoms with Crippen molar-refractivity contribution >= 4 is 0 Å². The zero-order chi connectivity index (χ0) is 7.40. The van der Waals surface area contributed by atoms with Crippen molar-refractivity contribution in [3.8, 4) is 0 Å². The van der Waals surface area contributed by atoms with Crippen LogP contribution in [0, 0.1) is 82.6 Å². The minimum Gasteiger partial charge on any atom is -0.676 e. The zero-order valence-corrected chi connectivity index (χ0v) is 15.2. The minimum absolute atomic E-state index is 0. The number of piperazine rings is 1. The number of likely N-dealkylation sites (N-methyl/N-ethyl adjacent to an activating group) is 1. The molecule has 66 valence electrons. The van der Waals surface area contributed by atoms with Gasteiger partial charge < -0.3 is 15.5 Å². The topological polar surface area (TPSA) is 30.3 Å². The van der Waals surface area contributed by atoms with Crippen LogP contribution in [0.2, 0.25) is 0 Å². The maximum atomic E-state index is 7.03. The van der Waals surface area contributed by atoms with Crippen LogP contribution in [0.3, 0.4) is 0 Å². The van der Waals surface area contributed by atoms with Crippen LogP contribution in [-0.4, -0.2) is 56.1 Å². The number of rotatable bonds is 2. The van der Waals surface area contributed by atoms with E-state index in [1.54, 1.807) is 0 Å². The van der Waals surface area contributed by atoms with E-state index in [1.165, 1.54) is 13.1 Å². The van der Waals surface area contributed by atoms with Crippen molar-refractivity contribution in [2.24, 2.45) is 0 Å². The van der Waals surface area contributed by atoms with Crippen LogP contribution >= 0.6 is 0 Å². The molecule has 0 spiro atoms. The standard InChI is InChI=1S/C7H16N3.2Pr/c1-9-4-6-10(3-2-8)7-5-9;;/h8H,2-7H2,1H3;;/q-1;;. The Hall–Kier alpha value is 2.61. The Bertz CT molecular complexity index is 94.7. The van der Waals surface area contributed by atoms with E-state index in [0.29, 0.717) is 6.54 Å². The summed E-state index contributed by atoms with van der Waals surface area (Å²) in [6.07, 6.45) is 0. The summed E-state index contributed by atoms with van der Waals surface area (Å²) in [7, 11) is 2.15. The fraction of sp³-hybridized carbons (Fsp3) is 1.00. The molecule has 1 aliphatic heterocycles. The van der Waals surface area contributed by atoms with Gasteiger partial charge in [-0.25, -0.2) is 0 Å².